The Bertz CT molecular complexity index is 955. The molecular weight excluding hydrogens is 464 g/mol. The smallest absolute Gasteiger partial charge is 0.308 e. The first-order valence-electron chi connectivity index (χ1n) is 14.9. The summed E-state index contributed by atoms with van der Waals surface area (Å²) in [6.45, 7) is 15.3. The van der Waals surface area contributed by atoms with Crippen LogP contribution in [0.15, 0.2) is 11.6 Å². The maximum absolute atomic E-state index is 13.1. The Kier molecular flexibility index (Phi) is 7.64. The minimum Gasteiger partial charge on any atom is -0.462 e. The number of Topliss-reactive ketones (excluding diaryl/α,β-unsaturated/α-hetero) is 1. The van der Waals surface area contributed by atoms with Gasteiger partial charge in [-0.1, -0.05) is 60.5 Å². The van der Waals surface area contributed by atoms with Gasteiger partial charge in [-0.3, -0.25) is 9.59 Å². The van der Waals surface area contributed by atoms with Gasteiger partial charge in [0.05, 0.1) is 18.4 Å². The number of fused-ring (bicyclic) bond motifs is 5. The molecule has 4 aliphatic rings. The molecule has 0 radical (unpaired) electrons. The number of allylic oxidation sites excluding steroid dienone is 2. The number of aldehydes is 1. The maximum atomic E-state index is 13.1. The molecular formula is C32H50O5. The Morgan fingerprint density at radius 1 is 1.08 bits per heavy atom. The topological polar surface area (TPSA) is 80.7 Å². The zero-order valence-corrected chi connectivity index (χ0v) is 24.3. The van der Waals surface area contributed by atoms with E-state index in [1.165, 1.54) is 39.0 Å². The van der Waals surface area contributed by atoms with Gasteiger partial charge in [-0.05, 0) is 85.9 Å². The molecule has 0 saturated heterocycles. The molecule has 3 fully saturated rings. The highest BCUT2D eigenvalue weighted by Crippen LogP contribution is 2.73. The standard InChI is InChI=1S/C32H50O5/c1-8-21(35)17-28(36)37-27-18-26-30(5)15-10-14-29(4,9-2)24(30)13-16-31(26,6)25-12-11-22(20(3)34)23(19-33)32(25,27)7/h11,19,21,23-27,35H,8-10,12-18H2,1-7H3/t21-,23+,24+,25+,26-,27+,29+,30+,31+,32-/m1/s1. The van der Waals surface area contributed by atoms with Crippen molar-refractivity contribution in [2.45, 2.75) is 125 Å². The number of aliphatic hydroxyl groups excluding tert-OH is 1. The summed E-state index contributed by atoms with van der Waals surface area (Å²) < 4.78 is 6.30. The molecule has 0 aromatic heterocycles. The summed E-state index contributed by atoms with van der Waals surface area (Å²) in [6.07, 6.45) is 10.9. The first-order valence-corrected chi connectivity index (χ1v) is 14.9. The Hall–Kier alpha value is -1.49. The lowest BCUT2D eigenvalue weighted by Crippen LogP contribution is -2.67. The van der Waals surface area contributed by atoms with Crippen LogP contribution in [0.25, 0.3) is 0 Å². The lowest BCUT2D eigenvalue weighted by atomic mass is 9.34. The van der Waals surface area contributed by atoms with Gasteiger partial charge in [0.2, 0.25) is 0 Å². The van der Waals surface area contributed by atoms with Crippen molar-refractivity contribution in [3.05, 3.63) is 11.6 Å². The molecule has 0 unspecified atom stereocenters. The van der Waals surface area contributed by atoms with E-state index in [1.54, 1.807) is 0 Å². The van der Waals surface area contributed by atoms with E-state index >= 15 is 0 Å². The summed E-state index contributed by atoms with van der Waals surface area (Å²) in [7, 11) is 0. The van der Waals surface area contributed by atoms with Gasteiger partial charge in [-0.2, -0.15) is 0 Å². The molecule has 4 aliphatic carbocycles. The average Bonchev–Trinajstić information content (AvgIpc) is 2.84. The van der Waals surface area contributed by atoms with Gasteiger partial charge in [0.25, 0.3) is 0 Å². The monoisotopic (exact) mass is 514 g/mol. The second-order valence-electron chi connectivity index (χ2n) is 14.0. The number of esters is 1. The minimum atomic E-state index is -0.731. The molecule has 208 valence electrons. The van der Waals surface area contributed by atoms with Gasteiger partial charge in [0.1, 0.15) is 12.4 Å². The van der Waals surface area contributed by atoms with Crippen molar-refractivity contribution in [2.24, 2.45) is 45.3 Å². The van der Waals surface area contributed by atoms with Crippen LogP contribution in [-0.4, -0.2) is 35.4 Å². The molecule has 0 amide bonds. The highest BCUT2D eigenvalue weighted by Gasteiger charge is 2.69. The van der Waals surface area contributed by atoms with E-state index < -0.39 is 29.5 Å². The predicted octanol–water partition coefficient (Wildman–Crippen LogP) is 6.46. The number of ether oxygens (including phenoxy) is 1. The van der Waals surface area contributed by atoms with E-state index in [0.717, 1.165) is 25.5 Å². The minimum absolute atomic E-state index is 0.00207. The summed E-state index contributed by atoms with van der Waals surface area (Å²) >= 11 is 0. The third-order valence-corrected chi connectivity index (χ3v) is 12.4. The first kappa shape index (κ1) is 28.5. The molecule has 37 heavy (non-hydrogen) atoms. The van der Waals surface area contributed by atoms with Crippen molar-refractivity contribution in [3.8, 4) is 0 Å². The fourth-order valence-corrected chi connectivity index (χ4v) is 10.2. The van der Waals surface area contributed by atoms with Crippen molar-refractivity contribution >= 4 is 18.0 Å². The van der Waals surface area contributed by atoms with Crippen LogP contribution in [-0.2, 0) is 19.1 Å². The van der Waals surface area contributed by atoms with Crippen molar-refractivity contribution in [2.75, 3.05) is 0 Å². The second kappa shape index (κ2) is 9.92. The Morgan fingerprint density at radius 2 is 1.76 bits per heavy atom. The molecule has 0 aliphatic heterocycles. The lowest BCUT2D eigenvalue weighted by molar-refractivity contribution is -0.240. The number of ketones is 1. The molecule has 0 heterocycles. The molecule has 0 bridgehead atoms. The van der Waals surface area contributed by atoms with Crippen LogP contribution in [0.1, 0.15) is 113 Å². The zero-order valence-electron chi connectivity index (χ0n) is 24.3. The Balaban J connectivity index is 1.82. The van der Waals surface area contributed by atoms with Gasteiger partial charge in [-0.15, -0.1) is 0 Å². The molecule has 10 atom stereocenters. The predicted molar refractivity (Wildman–Crippen MR) is 145 cm³/mol. The normalized spacial score (nSPS) is 45.9. The van der Waals surface area contributed by atoms with E-state index in [2.05, 4.69) is 34.6 Å². The van der Waals surface area contributed by atoms with Crippen molar-refractivity contribution in [1.82, 2.24) is 0 Å². The molecule has 5 heteroatoms. The number of hydrogen-bond donors (Lipinski definition) is 1. The molecule has 3 saturated carbocycles. The molecule has 1 N–H and O–H groups in total. The van der Waals surface area contributed by atoms with Gasteiger partial charge in [0.15, 0.2) is 5.78 Å². The van der Waals surface area contributed by atoms with Gasteiger partial charge < -0.3 is 14.6 Å². The molecule has 0 aromatic rings. The van der Waals surface area contributed by atoms with Crippen LogP contribution in [0.5, 0.6) is 0 Å². The van der Waals surface area contributed by atoms with Crippen LogP contribution >= 0.6 is 0 Å². The van der Waals surface area contributed by atoms with Crippen LogP contribution in [0.4, 0.5) is 0 Å². The fraction of sp³-hybridized carbons (Fsp3) is 0.844. The van der Waals surface area contributed by atoms with E-state index in [4.69, 9.17) is 4.74 Å². The summed E-state index contributed by atoms with van der Waals surface area (Å²) in [4.78, 5) is 38.4. The average molecular weight is 515 g/mol. The first-order chi connectivity index (χ1) is 17.3. The van der Waals surface area contributed by atoms with Gasteiger partial charge in [0, 0.05) is 11.0 Å². The van der Waals surface area contributed by atoms with Crippen molar-refractivity contribution in [3.63, 3.8) is 0 Å². The summed E-state index contributed by atoms with van der Waals surface area (Å²) in [6, 6.07) is 0. The Labute approximate surface area is 224 Å². The highest BCUT2D eigenvalue weighted by molar-refractivity contribution is 5.97. The second-order valence-corrected chi connectivity index (χ2v) is 14.0. The molecule has 5 nitrogen and oxygen atoms in total. The Morgan fingerprint density at radius 3 is 2.35 bits per heavy atom. The van der Waals surface area contributed by atoms with Gasteiger partial charge >= 0.3 is 5.97 Å². The third kappa shape index (κ3) is 4.26. The van der Waals surface area contributed by atoms with Gasteiger partial charge in [-0.25, -0.2) is 0 Å². The molecule has 4 rings (SSSR count). The van der Waals surface area contributed by atoms with E-state index in [0.29, 0.717) is 29.2 Å². The number of rotatable bonds is 7. The summed E-state index contributed by atoms with van der Waals surface area (Å²) in [5.41, 5.74) is 0.388. The highest BCUT2D eigenvalue weighted by atomic mass is 16.5. The maximum Gasteiger partial charge on any atom is 0.308 e. The quantitative estimate of drug-likeness (QED) is 0.311. The zero-order chi connectivity index (χ0) is 27.4. The molecule has 0 spiro atoms. The van der Waals surface area contributed by atoms with Crippen LogP contribution < -0.4 is 0 Å². The van der Waals surface area contributed by atoms with Crippen molar-refractivity contribution < 1.29 is 24.2 Å². The van der Waals surface area contributed by atoms with E-state index in [-0.39, 0.29) is 29.0 Å². The molecule has 0 aromatic carbocycles. The largest absolute Gasteiger partial charge is 0.462 e. The fourth-order valence-electron chi connectivity index (χ4n) is 10.2. The van der Waals surface area contributed by atoms with Crippen molar-refractivity contribution in [1.29, 1.82) is 0 Å². The van der Waals surface area contributed by atoms with Crippen LogP contribution in [0, 0.1) is 45.3 Å². The van der Waals surface area contributed by atoms with Crippen LogP contribution in [0.3, 0.4) is 0 Å². The number of carbonyl (C=O) groups excluding carboxylic acids is 3. The SMILES string of the molecule is CC[C@@H](O)CC(=O)O[C@H]1C[C@@H]2[C@@]3(C)CCC[C@](C)(CC)[C@@H]3CC[C@@]2(C)[C@@H]2CC=C(C(C)=O)[C@H](C=O)[C@@]12C. The number of carbonyl (C=O) groups is 3. The van der Waals surface area contributed by atoms with Crippen LogP contribution in [0.2, 0.25) is 0 Å². The van der Waals surface area contributed by atoms with E-state index in [9.17, 15) is 19.5 Å². The summed E-state index contributed by atoms with van der Waals surface area (Å²) in [5, 5.41) is 10.2. The lowest BCUT2D eigenvalue weighted by Gasteiger charge is -2.70. The number of aliphatic hydroxyl groups is 1. The van der Waals surface area contributed by atoms with E-state index in [1.807, 2.05) is 13.0 Å². The third-order valence-electron chi connectivity index (χ3n) is 12.4. The summed E-state index contributed by atoms with van der Waals surface area (Å²) in [5.74, 6) is 0.0831. The number of hydrogen-bond acceptors (Lipinski definition) is 5.